The average molecular weight is 496 g/mol. The van der Waals surface area contributed by atoms with E-state index in [4.69, 9.17) is 16.3 Å². The van der Waals surface area contributed by atoms with Crippen LogP contribution >= 0.6 is 11.6 Å². The molecule has 33 heavy (non-hydrogen) atoms. The van der Waals surface area contributed by atoms with E-state index >= 15 is 0 Å². The Morgan fingerprint density at radius 1 is 1.06 bits per heavy atom. The van der Waals surface area contributed by atoms with Gasteiger partial charge in [-0.15, -0.1) is 0 Å². The molecule has 0 aliphatic rings. The number of methoxy groups -OCH3 is 1. The van der Waals surface area contributed by atoms with E-state index in [-0.39, 0.29) is 27.9 Å². The number of benzene rings is 2. The maximum Gasteiger partial charge on any atom is 0.264 e. The van der Waals surface area contributed by atoms with Gasteiger partial charge >= 0.3 is 0 Å². The van der Waals surface area contributed by atoms with E-state index in [1.807, 2.05) is 13.8 Å². The van der Waals surface area contributed by atoms with Gasteiger partial charge in [-0.25, -0.2) is 8.42 Å². The Balaban J connectivity index is 2.35. The lowest BCUT2D eigenvalue weighted by Gasteiger charge is -2.23. The van der Waals surface area contributed by atoms with E-state index in [2.05, 4.69) is 5.32 Å². The predicted molar refractivity (Wildman–Crippen MR) is 130 cm³/mol. The van der Waals surface area contributed by atoms with Crippen molar-refractivity contribution in [1.82, 2.24) is 10.2 Å². The minimum absolute atomic E-state index is 0.0256. The van der Waals surface area contributed by atoms with Gasteiger partial charge in [-0.05, 0) is 55.3 Å². The number of nitrogens with zero attached hydrogens (tertiary/aromatic N) is 2. The SMILES string of the molecule is CCCNC(=O)CN(CCC)C(=O)c1cc(S(=O)(=O)N(C)c2ccc(OC)cc2)ccc1Cl. The lowest BCUT2D eigenvalue weighted by atomic mass is 10.2. The van der Waals surface area contributed by atoms with Gasteiger partial charge in [-0.2, -0.15) is 0 Å². The van der Waals surface area contributed by atoms with Crippen molar-refractivity contribution >= 4 is 39.1 Å². The third kappa shape index (κ3) is 6.61. The Kier molecular flexibility index (Phi) is 9.55. The number of ether oxygens (including phenoxy) is 1. The molecule has 0 aliphatic carbocycles. The topological polar surface area (TPSA) is 96.0 Å². The summed E-state index contributed by atoms with van der Waals surface area (Å²) in [5, 5.41) is 2.85. The fourth-order valence-electron chi connectivity index (χ4n) is 3.10. The monoisotopic (exact) mass is 495 g/mol. The van der Waals surface area contributed by atoms with Crippen molar-refractivity contribution in [3.8, 4) is 5.75 Å². The van der Waals surface area contributed by atoms with Crippen LogP contribution in [0.4, 0.5) is 5.69 Å². The molecule has 0 bridgehead atoms. The second-order valence-electron chi connectivity index (χ2n) is 7.39. The summed E-state index contributed by atoms with van der Waals surface area (Å²) in [7, 11) is -1.02. The number of nitrogens with one attached hydrogen (secondary N) is 1. The van der Waals surface area contributed by atoms with Crippen molar-refractivity contribution in [2.45, 2.75) is 31.6 Å². The molecule has 180 valence electrons. The van der Waals surface area contributed by atoms with Crippen LogP contribution in [0.15, 0.2) is 47.4 Å². The van der Waals surface area contributed by atoms with E-state index < -0.39 is 15.9 Å². The molecule has 8 nitrogen and oxygen atoms in total. The number of anilines is 1. The molecule has 0 unspecified atom stereocenters. The highest BCUT2D eigenvalue weighted by Crippen LogP contribution is 2.27. The van der Waals surface area contributed by atoms with Crippen molar-refractivity contribution in [3.05, 3.63) is 53.1 Å². The molecule has 1 N–H and O–H groups in total. The number of carbonyl (C=O) groups is 2. The first kappa shape index (κ1) is 26.5. The summed E-state index contributed by atoms with van der Waals surface area (Å²) >= 11 is 6.27. The molecule has 0 radical (unpaired) electrons. The van der Waals surface area contributed by atoms with Gasteiger partial charge in [0, 0.05) is 20.1 Å². The summed E-state index contributed by atoms with van der Waals surface area (Å²) < 4.78 is 32.7. The van der Waals surface area contributed by atoms with Crippen LogP contribution in [0.2, 0.25) is 5.02 Å². The third-order valence-electron chi connectivity index (χ3n) is 4.95. The first-order valence-corrected chi connectivity index (χ1v) is 12.5. The van der Waals surface area contributed by atoms with Gasteiger partial charge in [0.05, 0.1) is 34.8 Å². The zero-order valence-electron chi connectivity index (χ0n) is 19.3. The highest BCUT2D eigenvalue weighted by atomic mass is 35.5. The smallest absolute Gasteiger partial charge is 0.264 e. The minimum Gasteiger partial charge on any atom is -0.497 e. The molecule has 0 heterocycles. The predicted octanol–water partition coefficient (Wildman–Crippen LogP) is 3.55. The summed E-state index contributed by atoms with van der Waals surface area (Å²) in [6, 6.07) is 10.5. The molecule has 0 fully saturated rings. The van der Waals surface area contributed by atoms with Crippen molar-refractivity contribution < 1.29 is 22.7 Å². The molecule has 0 atom stereocenters. The Hall–Kier alpha value is -2.78. The standard InChI is InChI=1S/C23H30ClN3O5S/c1-5-13-25-22(28)16-27(14-6-2)23(29)20-15-19(11-12-21(20)24)33(30,31)26(3)17-7-9-18(32-4)10-8-17/h7-12,15H,5-6,13-14,16H2,1-4H3,(H,25,28). The second kappa shape index (κ2) is 11.9. The number of rotatable bonds is 11. The number of amides is 2. The Morgan fingerprint density at radius 3 is 2.30 bits per heavy atom. The summed E-state index contributed by atoms with van der Waals surface area (Å²) in [6.45, 7) is 4.53. The summed E-state index contributed by atoms with van der Waals surface area (Å²) in [5.41, 5.74) is 0.455. The van der Waals surface area contributed by atoms with E-state index in [1.165, 1.54) is 37.3 Å². The van der Waals surface area contributed by atoms with Crippen LogP contribution in [-0.2, 0) is 14.8 Å². The van der Waals surface area contributed by atoms with Gasteiger partial charge in [0.25, 0.3) is 15.9 Å². The summed E-state index contributed by atoms with van der Waals surface area (Å²) in [6.07, 6.45) is 1.41. The summed E-state index contributed by atoms with van der Waals surface area (Å²) in [5.74, 6) is -0.182. The number of hydrogen-bond donors (Lipinski definition) is 1. The lowest BCUT2D eigenvalue weighted by Crippen LogP contribution is -2.41. The Bertz CT molecular complexity index is 1070. The molecular formula is C23H30ClN3O5S. The zero-order chi connectivity index (χ0) is 24.6. The second-order valence-corrected chi connectivity index (χ2v) is 9.77. The van der Waals surface area contributed by atoms with Gasteiger partial charge in [0.1, 0.15) is 5.75 Å². The van der Waals surface area contributed by atoms with Crippen LogP contribution in [0.3, 0.4) is 0 Å². The number of sulfonamides is 1. The normalized spacial score (nSPS) is 11.1. The highest BCUT2D eigenvalue weighted by molar-refractivity contribution is 7.92. The van der Waals surface area contributed by atoms with Gasteiger partial charge in [0.2, 0.25) is 5.91 Å². The van der Waals surface area contributed by atoms with Crippen LogP contribution < -0.4 is 14.4 Å². The molecular weight excluding hydrogens is 466 g/mol. The number of carbonyl (C=O) groups excluding carboxylic acids is 2. The molecule has 0 spiro atoms. The summed E-state index contributed by atoms with van der Waals surface area (Å²) in [4.78, 5) is 26.7. The van der Waals surface area contributed by atoms with Crippen molar-refractivity contribution in [3.63, 3.8) is 0 Å². The van der Waals surface area contributed by atoms with Crippen LogP contribution in [0.25, 0.3) is 0 Å². The van der Waals surface area contributed by atoms with E-state index in [1.54, 1.807) is 24.3 Å². The number of halogens is 1. The average Bonchev–Trinajstić information content (AvgIpc) is 2.81. The van der Waals surface area contributed by atoms with Gasteiger partial charge in [-0.1, -0.05) is 25.4 Å². The molecule has 2 rings (SSSR count). The molecule has 2 aromatic rings. The fraction of sp³-hybridized carbons (Fsp3) is 0.391. The van der Waals surface area contributed by atoms with Gasteiger partial charge in [-0.3, -0.25) is 13.9 Å². The highest BCUT2D eigenvalue weighted by Gasteiger charge is 2.26. The number of hydrogen-bond acceptors (Lipinski definition) is 5. The Labute approximate surface area is 200 Å². The maximum absolute atomic E-state index is 13.2. The van der Waals surface area contributed by atoms with Crippen LogP contribution in [0.5, 0.6) is 5.75 Å². The van der Waals surface area contributed by atoms with Crippen molar-refractivity contribution in [1.29, 1.82) is 0 Å². The minimum atomic E-state index is -3.97. The first-order chi connectivity index (χ1) is 15.6. The molecule has 10 heteroatoms. The molecule has 0 aromatic heterocycles. The van der Waals surface area contributed by atoms with E-state index in [0.29, 0.717) is 30.9 Å². The van der Waals surface area contributed by atoms with Crippen molar-refractivity contribution in [2.24, 2.45) is 0 Å². The molecule has 0 aliphatic heterocycles. The molecule has 2 aromatic carbocycles. The van der Waals surface area contributed by atoms with Crippen LogP contribution in [0.1, 0.15) is 37.0 Å². The van der Waals surface area contributed by atoms with Gasteiger partial charge < -0.3 is 15.0 Å². The first-order valence-electron chi connectivity index (χ1n) is 10.6. The molecule has 2 amide bonds. The Morgan fingerprint density at radius 2 is 1.73 bits per heavy atom. The fourth-order valence-corrected chi connectivity index (χ4v) is 4.52. The van der Waals surface area contributed by atoms with E-state index in [9.17, 15) is 18.0 Å². The zero-order valence-corrected chi connectivity index (χ0v) is 20.9. The third-order valence-corrected chi connectivity index (χ3v) is 7.06. The van der Waals surface area contributed by atoms with Crippen molar-refractivity contribution in [2.75, 3.05) is 38.1 Å². The van der Waals surface area contributed by atoms with Crippen LogP contribution in [0, 0.1) is 0 Å². The van der Waals surface area contributed by atoms with E-state index in [0.717, 1.165) is 10.7 Å². The molecule has 0 saturated heterocycles. The maximum atomic E-state index is 13.2. The lowest BCUT2D eigenvalue weighted by molar-refractivity contribution is -0.121. The van der Waals surface area contributed by atoms with Crippen LogP contribution in [-0.4, -0.2) is 58.9 Å². The largest absolute Gasteiger partial charge is 0.497 e. The molecule has 0 saturated carbocycles. The quantitative estimate of drug-likeness (QED) is 0.514. The van der Waals surface area contributed by atoms with Gasteiger partial charge in [0.15, 0.2) is 0 Å².